The van der Waals surface area contributed by atoms with E-state index in [1.54, 1.807) is 12.4 Å². The number of benzene rings is 1. The van der Waals surface area contributed by atoms with Crippen molar-refractivity contribution < 1.29 is 8.78 Å². The van der Waals surface area contributed by atoms with E-state index < -0.39 is 11.6 Å². The third-order valence-corrected chi connectivity index (χ3v) is 5.11. The Morgan fingerprint density at radius 3 is 2.44 bits per heavy atom. The molecule has 0 N–H and O–H groups in total. The molecule has 1 fully saturated rings. The summed E-state index contributed by atoms with van der Waals surface area (Å²) in [5.74, 6) is 0.846. The number of hydrogen-bond acceptors (Lipinski definition) is 4. The molecule has 0 amide bonds. The molecule has 7 heteroatoms. The maximum atomic E-state index is 13.8. The lowest BCUT2D eigenvalue weighted by Gasteiger charge is -2.28. The molecule has 128 valence electrons. The molecule has 0 spiro atoms. The van der Waals surface area contributed by atoms with Crippen LogP contribution < -0.4 is 4.90 Å². The Morgan fingerprint density at radius 1 is 0.960 bits per heavy atom. The van der Waals surface area contributed by atoms with Crippen LogP contribution in [0.2, 0.25) is 0 Å². The van der Waals surface area contributed by atoms with E-state index in [-0.39, 0.29) is 5.82 Å². The van der Waals surface area contributed by atoms with Gasteiger partial charge in [-0.25, -0.2) is 18.4 Å². The highest BCUT2D eigenvalue weighted by molar-refractivity contribution is 7.99. The van der Waals surface area contributed by atoms with Crippen LogP contribution in [0.4, 0.5) is 14.5 Å². The van der Waals surface area contributed by atoms with Crippen molar-refractivity contribution in [2.24, 2.45) is 0 Å². The Bertz CT molecular complexity index is 873. The van der Waals surface area contributed by atoms with Crippen molar-refractivity contribution in [2.45, 2.75) is 0 Å². The molecule has 0 aliphatic carbocycles. The van der Waals surface area contributed by atoms with Gasteiger partial charge in [-0.05, 0) is 17.7 Å². The molecule has 25 heavy (non-hydrogen) atoms. The number of nitrogens with zero attached hydrogens (tertiary/aromatic N) is 4. The van der Waals surface area contributed by atoms with Gasteiger partial charge in [0.1, 0.15) is 5.82 Å². The van der Waals surface area contributed by atoms with Gasteiger partial charge in [0.15, 0.2) is 11.6 Å². The highest BCUT2D eigenvalue weighted by Gasteiger charge is 2.13. The Hall–Kier alpha value is -2.41. The summed E-state index contributed by atoms with van der Waals surface area (Å²) in [6.45, 7) is 2.13. The minimum atomic E-state index is -0.743. The first-order chi connectivity index (χ1) is 12.2. The first-order valence-electron chi connectivity index (χ1n) is 8.00. The normalized spacial score (nSPS) is 14.7. The zero-order chi connectivity index (χ0) is 17.2. The van der Waals surface area contributed by atoms with E-state index >= 15 is 0 Å². The van der Waals surface area contributed by atoms with E-state index in [2.05, 4.69) is 27.1 Å². The van der Waals surface area contributed by atoms with Crippen LogP contribution in [-0.2, 0) is 0 Å². The lowest BCUT2D eigenvalue weighted by molar-refractivity contribution is 0.560. The van der Waals surface area contributed by atoms with Gasteiger partial charge in [0, 0.05) is 48.1 Å². The molecule has 0 unspecified atom stereocenters. The summed E-state index contributed by atoms with van der Waals surface area (Å²) in [7, 11) is 0. The van der Waals surface area contributed by atoms with Crippen LogP contribution in [0.25, 0.3) is 16.9 Å². The predicted molar refractivity (Wildman–Crippen MR) is 96.2 cm³/mol. The predicted octanol–water partition coefficient (Wildman–Crippen LogP) is 3.77. The molecule has 0 saturated carbocycles. The zero-order valence-electron chi connectivity index (χ0n) is 13.4. The minimum absolute atomic E-state index is 0.0184. The van der Waals surface area contributed by atoms with Gasteiger partial charge in [0.25, 0.3) is 0 Å². The molecule has 3 heterocycles. The molecule has 1 saturated heterocycles. The smallest absolute Gasteiger partial charge is 0.189 e. The average molecular weight is 358 g/mol. The number of rotatable bonds is 3. The maximum Gasteiger partial charge on any atom is 0.189 e. The van der Waals surface area contributed by atoms with Crippen molar-refractivity contribution in [3.05, 3.63) is 60.6 Å². The van der Waals surface area contributed by atoms with Crippen LogP contribution in [0.15, 0.2) is 48.9 Å². The van der Waals surface area contributed by atoms with Crippen LogP contribution in [-0.4, -0.2) is 39.4 Å². The third-order valence-electron chi connectivity index (χ3n) is 4.16. The molecule has 3 aromatic rings. The van der Waals surface area contributed by atoms with Gasteiger partial charge in [0.05, 0.1) is 12.4 Å². The number of anilines is 1. The Labute approximate surface area is 148 Å². The Morgan fingerprint density at radius 2 is 1.72 bits per heavy atom. The van der Waals surface area contributed by atoms with Gasteiger partial charge in [-0.2, -0.15) is 16.9 Å². The third kappa shape index (κ3) is 3.37. The lowest BCUT2D eigenvalue weighted by Crippen LogP contribution is -2.32. The fourth-order valence-corrected chi connectivity index (χ4v) is 3.75. The number of thioether (sulfide) groups is 1. The van der Waals surface area contributed by atoms with Gasteiger partial charge in [-0.1, -0.05) is 12.1 Å². The van der Waals surface area contributed by atoms with Crippen LogP contribution in [0, 0.1) is 11.6 Å². The van der Waals surface area contributed by atoms with Crippen molar-refractivity contribution in [3.63, 3.8) is 0 Å². The second kappa shape index (κ2) is 6.84. The minimum Gasteiger partial charge on any atom is -0.370 e. The molecule has 0 atom stereocenters. The van der Waals surface area contributed by atoms with Crippen LogP contribution in [0.1, 0.15) is 0 Å². The first kappa shape index (κ1) is 16.1. The van der Waals surface area contributed by atoms with Gasteiger partial charge >= 0.3 is 0 Å². The second-order valence-electron chi connectivity index (χ2n) is 5.78. The Kier molecular flexibility index (Phi) is 4.40. The summed E-state index contributed by atoms with van der Waals surface area (Å²) in [5, 5.41) is 4.14. The molecule has 2 aromatic heterocycles. The van der Waals surface area contributed by atoms with Crippen LogP contribution in [0.3, 0.4) is 0 Å². The van der Waals surface area contributed by atoms with E-state index in [0.29, 0.717) is 0 Å². The van der Waals surface area contributed by atoms with Crippen molar-refractivity contribution in [1.82, 2.24) is 14.8 Å². The van der Waals surface area contributed by atoms with Crippen molar-refractivity contribution in [1.29, 1.82) is 0 Å². The summed E-state index contributed by atoms with van der Waals surface area (Å²) in [6.07, 6.45) is 4.32. The molecule has 4 rings (SSSR count). The van der Waals surface area contributed by atoms with Crippen molar-refractivity contribution >= 4 is 17.4 Å². The number of aromatic nitrogens is 3. The highest BCUT2D eigenvalue weighted by Crippen LogP contribution is 2.25. The fraction of sp³-hybridized carbons (Fsp3) is 0.222. The summed E-state index contributed by atoms with van der Waals surface area (Å²) in [4.78, 5) is 6.15. The zero-order valence-corrected chi connectivity index (χ0v) is 14.2. The van der Waals surface area contributed by atoms with E-state index in [0.717, 1.165) is 48.0 Å². The van der Waals surface area contributed by atoms with Gasteiger partial charge in [0.2, 0.25) is 0 Å². The summed E-state index contributed by atoms with van der Waals surface area (Å²) >= 11 is 1.98. The largest absolute Gasteiger partial charge is 0.370 e. The molecule has 1 aliphatic rings. The molecule has 0 bridgehead atoms. The number of halogens is 2. The lowest BCUT2D eigenvalue weighted by atomic mass is 10.1. The topological polar surface area (TPSA) is 34.0 Å². The van der Waals surface area contributed by atoms with E-state index in [4.69, 9.17) is 0 Å². The average Bonchev–Trinajstić information content (AvgIpc) is 3.12. The van der Waals surface area contributed by atoms with Crippen molar-refractivity contribution in [3.8, 4) is 16.9 Å². The summed E-state index contributed by atoms with van der Waals surface area (Å²) < 4.78 is 28.1. The SMILES string of the molecule is Fc1cnc(-n2cc(-c3ccc(N4CCSCC4)cc3)cn2)c(F)c1. The first-order valence-corrected chi connectivity index (χ1v) is 9.15. The summed E-state index contributed by atoms with van der Waals surface area (Å²) in [5.41, 5.74) is 3.05. The van der Waals surface area contributed by atoms with Crippen LogP contribution >= 0.6 is 11.8 Å². The maximum absolute atomic E-state index is 13.8. The molecule has 0 radical (unpaired) electrons. The fourth-order valence-electron chi connectivity index (χ4n) is 2.85. The second-order valence-corrected chi connectivity index (χ2v) is 7.00. The molecule has 1 aliphatic heterocycles. The number of hydrogen-bond donors (Lipinski definition) is 0. The van der Waals surface area contributed by atoms with E-state index in [1.807, 2.05) is 23.9 Å². The van der Waals surface area contributed by atoms with E-state index in [9.17, 15) is 8.78 Å². The van der Waals surface area contributed by atoms with Gasteiger partial charge < -0.3 is 4.90 Å². The van der Waals surface area contributed by atoms with Gasteiger partial charge in [-0.3, -0.25) is 0 Å². The quantitative estimate of drug-likeness (QED) is 0.714. The highest BCUT2D eigenvalue weighted by atomic mass is 32.2. The number of pyridine rings is 1. The van der Waals surface area contributed by atoms with Gasteiger partial charge in [-0.15, -0.1) is 0 Å². The standard InChI is InChI=1S/C18H16F2N4S/c19-15-9-17(20)18(21-11-15)24-12-14(10-22-24)13-1-3-16(4-2-13)23-5-7-25-8-6-23/h1-4,9-12H,5-8H2. The molecule has 1 aromatic carbocycles. The van der Waals surface area contributed by atoms with E-state index in [1.165, 1.54) is 10.4 Å². The van der Waals surface area contributed by atoms with Crippen LogP contribution in [0.5, 0.6) is 0 Å². The van der Waals surface area contributed by atoms with Crippen molar-refractivity contribution in [2.75, 3.05) is 29.5 Å². The molecular formula is C18H16F2N4S. The molecule has 4 nitrogen and oxygen atoms in total. The Balaban J connectivity index is 1.57. The monoisotopic (exact) mass is 358 g/mol. The molecular weight excluding hydrogens is 342 g/mol. The summed E-state index contributed by atoms with van der Waals surface area (Å²) in [6, 6.07) is 9.06.